The molecule has 0 unspecified atom stereocenters. The number of nitrogens with two attached hydrogens (primary N) is 1. The standard InChI is InChI=1S/C23H34N6O/c1-22(2)13-16(14-23(3,4)28-22)29(5)20(25)9-8-18(24)17-7-6-15(12-19(17)30)21-26-10-11-27-21/h6-12,16,25-28,30H,13-14,24H2,1-5H3. The third-order valence-electron chi connectivity index (χ3n) is 5.65. The fourth-order valence-electron chi connectivity index (χ4n) is 4.50. The predicted octanol–water partition coefficient (Wildman–Crippen LogP) is 0.963. The van der Waals surface area contributed by atoms with Crippen LogP contribution in [-0.2, 0) is 0 Å². The van der Waals surface area contributed by atoms with E-state index in [0.29, 0.717) is 16.8 Å². The van der Waals surface area contributed by atoms with E-state index in [0.717, 1.165) is 23.9 Å². The minimum atomic E-state index is 0.0138. The first-order chi connectivity index (χ1) is 14.0. The fraction of sp³-hybridized carbons (Fsp3) is 0.435. The summed E-state index contributed by atoms with van der Waals surface area (Å²) in [5.74, 6) is 1.30. The highest BCUT2D eigenvalue weighted by Gasteiger charge is 2.39. The third-order valence-corrected chi connectivity index (χ3v) is 5.65. The molecule has 162 valence electrons. The molecule has 0 saturated carbocycles. The number of rotatable bonds is 3. The lowest BCUT2D eigenvalue weighted by Crippen LogP contribution is -2.62. The zero-order valence-corrected chi connectivity index (χ0v) is 18.5. The summed E-state index contributed by atoms with van der Waals surface area (Å²) in [6.07, 6.45) is 8.88. The van der Waals surface area contributed by atoms with E-state index in [1.807, 2.05) is 18.0 Å². The summed E-state index contributed by atoms with van der Waals surface area (Å²) in [4.78, 5) is 2.01. The van der Waals surface area contributed by atoms with Crippen molar-refractivity contribution in [1.29, 1.82) is 5.41 Å². The Morgan fingerprint density at radius 3 is 2.30 bits per heavy atom. The molecule has 1 saturated heterocycles. The number of nitrogens with zero attached hydrogens (tertiary/aromatic N) is 1. The summed E-state index contributed by atoms with van der Waals surface area (Å²) in [5.41, 5.74) is 6.65. The second kappa shape index (κ2) is 8.07. The van der Waals surface area contributed by atoms with Crippen LogP contribution in [0, 0.1) is 5.41 Å². The van der Waals surface area contributed by atoms with Crippen LogP contribution < -0.4 is 32.1 Å². The minimum Gasteiger partial charge on any atom is -0.507 e. The SMILES string of the molecule is CN(C(=N)C=CC(N)=c1ccc(=C2NC=CN2)cc1O)C1CC(C)(C)NC(C)(C)C1. The monoisotopic (exact) mass is 410 g/mol. The van der Waals surface area contributed by atoms with Gasteiger partial charge in [0.2, 0.25) is 0 Å². The molecule has 0 aliphatic carbocycles. The Morgan fingerprint density at radius 1 is 1.13 bits per heavy atom. The normalized spacial score (nSPS) is 21.3. The maximum atomic E-state index is 10.4. The van der Waals surface area contributed by atoms with Crippen molar-refractivity contribution in [2.75, 3.05) is 7.05 Å². The van der Waals surface area contributed by atoms with Crippen LogP contribution in [-0.4, -0.2) is 40.0 Å². The number of amidine groups is 1. The van der Waals surface area contributed by atoms with Crippen molar-refractivity contribution in [2.45, 2.75) is 57.7 Å². The van der Waals surface area contributed by atoms with Crippen LogP contribution in [0.25, 0.3) is 11.5 Å². The van der Waals surface area contributed by atoms with Crippen molar-refractivity contribution >= 4 is 17.4 Å². The largest absolute Gasteiger partial charge is 0.507 e. The second-order valence-electron chi connectivity index (χ2n) is 9.47. The molecule has 1 aromatic carbocycles. The molecule has 0 aromatic heterocycles. The zero-order valence-electron chi connectivity index (χ0n) is 18.5. The molecule has 1 fully saturated rings. The summed E-state index contributed by atoms with van der Waals surface area (Å²) >= 11 is 0. The Hall–Kier alpha value is -2.93. The smallest absolute Gasteiger partial charge is 0.125 e. The lowest BCUT2D eigenvalue weighted by atomic mass is 9.79. The van der Waals surface area contributed by atoms with Crippen LogP contribution in [0.2, 0.25) is 0 Å². The minimum absolute atomic E-state index is 0.0138. The van der Waals surface area contributed by atoms with Gasteiger partial charge in [0.25, 0.3) is 0 Å². The van der Waals surface area contributed by atoms with Gasteiger partial charge < -0.3 is 31.7 Å². The average Bonchev–Trinajstić information content (AvgIpc) is 3.17. The zero-order chi connectivity index (χ0) is 22.1. The molecule has 7 nitrogen and oxygen atoms in total. The topological polar surface area (TPSA) is 109 Å². The van der Waals surface area contributed by atoms with E-state index in [1.165, 1.54) is 0 Å². The predicted molar refractivity (Wildman–Crippen MR) is 123 cm³/mol. The van der Waals surface area contributed by atoms with E-state index in [-0.39, 0.29) is 22.9 Å². The second-order valence-corrected chi connectivity index (χ2v) is 9.47. The van der Waals surface area contributed by atoms with Gasteiger partial charge in [0.15, 0.2) is 0 Å². The summed E-state index contributed by atoms with van der Waals surface area (Å²) < 4.78 is 0. The molecule has 0 atom stereocenters. The first kappa shape index (κ1) is 21.8. The Kier molecular flexibility index (Phi) is 5.85. The number of aromatic hydroxyl groups is 1. The summed E-state index contributed by atoms with van der Waals surface area (Å²) in [5, 5.41) is 30.1. The number of likely N-dealkylation sites (N-methyl/N-ethyl adjacent to an activating group) is 1. The number of phenolic OH excluding ortho intramolecular Hbond substituents is 1. The number of hydrogen-bond acceptors (Lipinski definition) is 6. The molecule has 2 heterocycles. The Labute approximate surface area is 178 Å². The first-order valence-corrected chi connectivity index (χ1v) is 10.3. The Balaban J connectivity index is 1.78. The van der Waals surface area contributed by atoms with Crippen molar-refractivity contribution in [3.8, 4) is 5.75 Å². The third kappa shape index (κ3) is 4.97. The van der Waals surface area contributed by atoms with Crippen molar-refractivity contribution in [1.82, 2.24) is 20.9 Å². The van der Waals surface area contributed by atoms with Gasteiger partial charge in [-0.1, -0.05) is 6.07 Å². The molecule has 2 aliphatic heterocycles. The number of benzene rings is 1. The highest BCUT2D eigenvalue weighted by molar-refractivity contribution is 5.91. The Morgan fingerprint density at radius 2 is 1.73 bits per heavy atom. The molecular formula is C23H34N6O. The highest BCUT2D eigenvalue weighted by atomic mass is 16.3. The number of phenols is 1. The molecule has 0 amide bonds. The number of nitrogens with one attached hydrogen (secondary N) is 4. The van der Waals surface area contributed by atoms with Gasteiger partial charge in [-0.15, -0.1) is 0 Å². The molecular weight excluding hydrogens is 376 g/mol. The first-order valence-electron chi connectivity index (χ1n) is 10.3. The van der Waals surface area contributed by atoms with Crippen molar-refractivity contribution in [2.24, 2.45) is 5.73 Å². The maximum absolute atomic E-state index is 10.4. The van der Waals surface area contributed by atoms with Gasteiger partial charge in [-0.3, -0.25) is 5.41 Å². The van der Waals surface area contributed by atoms with Gasteiger partial charge in [-0.05, 0) is 64.8 Å². The van der Waals surface area contributed by atoms with E-state index in [4.69, 9.17) is 11.1 Å². The summed E-state index contributed by atoms with van der Waals surface area (Å²) in [6, 6.07) is 5.59. The quantitative estimate of drug-likeness (QED) is 0.327. The maximum Gasteiger partial charge on any atom is 0.125 e. The van der Waals surface area contributed by atoms with Crippen molar-refractivity contribution in [3.05, 3.63) is 53.2 Å². The van der Waals surface area contributed by atoms with Gasteiger partial charge in [-0.25, -0.2) is 0 Å². The van der Waals surface area contributed by atoms with Crippen LogP contribution in [0.4, 0.5) is 0 Å². The van der Waals surface area contributed by atoms with Gasteiger partial charge in [-0.2, -0.15) is 0 Å². The van der Waals surface area contributed by atoms with Crippen LogP contribution in [0.5, 0.6) is 5.75 Å². The number of hydrogen-bond donors (Lipinski definition) is 6. The molecule has 0 radical (unpaired) electrons. The Bertz CT molecular complexity index is 979. The van der Waals surface area contributed by atoms with Crippen LogP contribution >= 0.6 is 0 Å². The lowest BCUT2D eigenvalue weighted by molar-refractivity contribution is 0.114. The number of piperidine rings is 1. The molecule has 2 aliphatic rings. The van der Waals surface area contributed by atoms with Gasteiger partial charge in [0.05, 0.1) is 0 Å². The molecule has 0 bridgehead atoms. The molecule has 0 spiro atoms. The summed E-state index contributed by atoms with van der Waals surface area (Å²) in [6.45, 7) is 8.82. The molecule has 3 rings (SSSR count). The van der Waals surface area contributed by atoms with Crippen LogP contribution in [0.3, 0.4) is 0 Å². The van der Waals surface area contributed by atoms with E-state index in [1.54, 1.807) is 36.7 Å². The van der Waals surface area contributed by atoms with Crippen molar-refractivity contribution < 1.29 is 5.11 Å². The molecule has 30 heavy (non-hydrogen) atoms. The van der Waals surface area contributed by atoms with E-state index in [2.05, 4.69) is 43.6 Å². The van der Waals surface area contributed by atoms with Crippen molar-refractivity contribution in [3.63, 3.8) is 0 Å². The van der Waals surface area contributed by atoms with E-state index >= 15 is 0 Å². The van der Waals surface area contributed by atoms with Gasteiger partial charge in [0.1, 0.15) is 17.4 Å². The average molecular weight is 411 g/mol. The van der Waals surface area contributed by atoms with Gasteiger partial charge in [0, 0.05) is 52.7 Å². The molecule has 1 aromatic rings. The van der Waals surface area contributed by atoms with Gasteiger partial charge >= 0.3 is 0 Å². The van der Waals surface area contributed by atoms with E-state index in [9.17, 15) is 5.11 Å². The molecule has 7 heteroatoms. The van der Waals surface area contributed by atoms with E-state index < -0.39 is 0 Å². The molecule has 7 N–H and O–H groups in total. The lowest BCUT2D eigenvalue weighted by Gasteiger charge is -2.49. The van der Waals surface area contributed by atoms with Crippen LogP contribution in [0.15, 0.2) is 42.8 Å². The summed E-state index contributed by atoms with van der Waals surface area (Å²) in [7, 11) is 1.96. The highest BCUT2D eigenvalue weighted by Crippen LogP contribution is 2.31. The van der Waals surface area contributed by atoms with Crippen LogP contribution in [0.1, 0.15) is 40.5 Å². The fourth-order valence-corrected chi connectivity index (χ4v) is 4.50.